The molecule has 6 heteroatoms. The lowest BCUT2D eigenvalue weighted by Crippen LogP contribution is -1.96. The molecule has 0 spiro atoms. The maximum Gasteiger partial charge on any atom is 0.253 e. The zero-order chi connectivity index (χ0) is 17.8. The van der Waals surface area contributed by atoms with Gasteiger partial charge >= 0.3 is 0 Å². The van der Waals surface area contributed by atoms with Crippen molar-refractivity contribution >= 4 is 17.5 Å². The molecule has 130 valence electrons. The highest BCUT2D eigenvalue weighted by Crippen LogP contribution is 2.25. The van der Waals surface area contributed by atoms with Gasteiger partial charge in [0, 0.05) is 17.5 Å². The van der Waals surface area contributed by atoms with Crippen molar-refractivity contribution < 1.29 is 4.74 Å². The summed E-state index contributed by atoms with van der Waals surface area (Å²) in [4.78, 5) is 8.88. The van der Waals surface area contributed by atoms with Crippen LogP contribution in [0.25, 0.3) is 17.0 Å². The molecule has 0 N–H and O–H groups in total. The van der Waals surface area contributed by atoms with Crippen LogP contribution in [0.3, 0.4) is 0 Å². The van der Waals surface area contributed by atoms with E-state index in [1.54, 1.807) is 22.5 Å². The molecule has 2 aromatic carbocycles. The molecule has 0 unspecified atom stereocenters. The Hall–Kier alpha value is -2.86. The van der Waals surface area contributed by atoms with Crippen LogP contribution in [-0.4, -0.2) is 26.2 Å². The lowest BCUT2D eigenvalue weighted by atomic mass is 10.1. The zero-order valence-corrected chi connectivity index (χ0v) is 15.2. The van der Waals surface area contributed by atoms with Crippen LogP contribution in [0.2, 0.25) is 0 Å². The molecule has 0 aliphatic carbocycles. The van der Waals surface area contributed by atoms with Crippen molar-refractivity contribution in [3.8, 4) is 17.0 Å². The van der Waals surface area contributed by atoms with Gasteiger partial charge in [0.05, 0.1) is 12.3 Å². The van der Waals surface area contributed by atoms with Gasteiger partial charge < -0.3 is 4.74 Å². The monoisotopic (exact) mass is 362 g/mol. The largest absolute Gasteiger partial charge is 0.494 e. The van der Waals surface area contributed by atoms with E-state index < -0.39 is 0 Å². The number of hydrogen-bond donors (Lipinski definition) is 0. The molecule has 26 heavy (non-hydrogen) atoms. The Morgan fingerprint density at radius 3 is 2.58 bits per heavy atom. The number of aromatic nitrogens is 4. The number of hydrogen-bond acceptors (Lipinski definition) is 5. The van der Waals surface area contributed by atoms with Gasteiger partial charge in [-0.15, -0.1) is 5.10 Å². The van der Waals surface area contributed by atoms with Gasteiger partial charge in [-0.3, -0.25) is 0 Å². The standard InChI is InChI=1S/C20H18N4OS/c1-2-25-17-10-8-16(9-11-17)18-12-13-21-19-22-20(23-24(18)19)26-14-15-6-4-3-5-7-15/h3-13H,2,14H2,1H3. The van der Waals surface area contributed by atoms with Crippen LogP contribution in [-0.2, 0) is 5.75 Å². The van der Waals surface area contributed by atoms with Crippen LogP contribution in [0.5, 0.6) is 5.75 Å². The normalized spacial score (nSPS) is 11.0. The van der Waals surface area contributed by atoms with Crippen molar-refractivity contribution in [2.24, 2.45) is 0 Å². The molecule has 0 radical (unpaired) electrons. The van der Waals surface area contributed by atoms with Gasteiger partial charge in [0.2, 0.25) is 5.16 Å². The van der Waals surface area contributed by atoms with Crippen LogP contribution < -0.4 is 4.74 Å². The van der Waals surface area contributed by atoms with E-state index >= 15 is 0 Å². The van der Waals surface area contributed by atoms with Gasteiger partial charge in [-0.05, 0) is 42.8 Å². The van der Waals surface area contributed by atoms with Crippen LogP contribution >= 0.6 is 11.8 Å². The minimum absolute atomic E-state index is 0.604. The molecule has 2 aromatic heterocycles. The summed E-state index contributed by atoms with van der Waals surface area (Å²) in [5, 5.41) is 5.36. The van der Waals surface area contributed by atoms with E-state index in [0.717, 1.165) is 27.9 Å². The number of ether oxygens (including phenoxy) is 1. The second kappa shape index (κ2) is 7.58. The van der Waals surface area contributed by atoms with Crippen molar-refractivity contribution in [2.45, 2.75) is 17.8 Å². The number of benzene rings is 2. The van der Waals surface area contributed by atoms with Gasteiger partial charge in [-0.25, -0.2) is 4.98 Å². The van der Waals surface area contributed by atoms with Crippen LogP contribution in [0, 0.1) is 0 Å². The molecule has 5 nitrogen and oxygen atoms in total. The summed E-state index contributed by atoms with van der Waals surface area (Å²) in [6, 6.07) is 20.2. The fourth-order valence-corrected chi connectivity index (χ4v) is 3.44. The lowest BCUT2D eigenvalue weighted by Gasteiger charge is -2.06. The SMILES string of the molecule is CCOc1ccc(-c2ccnc3nc(SCc4ccccc4)nn23)cc1. The van der Waals surface area contributed by atoms with E-state index in [0.29, 0.717) is 12.4 Å². The lowest BCUT2D eigenvalue weighted by molar-refractivity contribution is 0.340. The summed E-state index contributed by atoms with van der Waals surface area (Å²) in [5.41, 5.74) is 3.25. The first-order chi connectivity index (χ1) is 12.8. The Labute approximate surface area is 156 Å². The first-order valence-electron chi connectivity index (χ1n) is 8.45. The summed E-state index contributed by atoms with van der Waals surface area (Å²) < 4.78 is 7.31. The number of rotatable bonds is 6. The van der Waals surface area contributed by atoms with E-state index in [-0.39, 0.29) is 0 Å². The predicted octanol–water partition coefficient (Wildman–Crippen LogP) is 4.48. The quantitative estimate of drug-likeness (QED) is 0.473. The molecular weight excluding hydrogens is 344 g/mol. The second-order valence-electron chi connectivity index (χ2n) is 5.67. The zero-order valence-electron chi connectivity index (χ0n) is 14.4. The molecule has 0 aliphatic rings. The van der Waals surface area contributed by atoms with Crippen LogP contribution in [0.1, 0.15) is 12.5 Å². The molecule has 0 amide bonds. The Kier molecular flexibility index (Phi) is 4.84. The average molecular weight is 362 g/mol. The average Bonchev–Trinajstić information content (AvgIpc) is 3.11. The highest BCUT2D eigenvalue weighted by atomic mass is 32.2. The molecule has 2 heterocycles. The predicted molar refractivity (Wildman–Crippen MR) is 103 cm³/mol. The maximum atomic E-state index is 5.51. The smallest absolute Gasteiger partial charge is 0.253 e. The van der Waals surface area contributed by atoms with Crippen molar-refractivity contribution in [3.05, 3.63) is 72.4 Å². The third-order valence-electron chi connectivity index (χ3n) is 3.89. The summed E-state index contributed by atoms with van der Waals surface area (Å²) in [7, 11) is 0. The third kappa shape index (κ3) is 3.55. The van der Waals surface area contributed by atoms with Crippen LogP contribution in [0.4, 0.5) is 0 Å². The Balaban J connectivity index is 1.61. The third-order valence-corrected chi connectivity index (χ3v) is 4.80. The summed E-state index contributed by atoms with van der Waals surface area (Å²) >= 11 is 1.61. The van der Waals surface area contributed by atoms with E-state index in [1.807, 2.05) is 55.5 Å². The fraction of sp³-hybridized carbons (Fsp3) is 0.150. The summed E-state index contributed by atoms with van der Waals surface area (Å²) in [5.74, 6) is 2.29. The molecule has 4 aromatic rings. The van der Waals surface area contributed by atoms with E-state index in [9.17, 15) is 0 Å². The molecule has 0 bridgehead atoms. The van der Waals surface area contributed by atoms with Gasteiger partial charge in [0.25, 0.3) is 5.78 Å². The summed E-state index contributed by atoms with van der Waals surface area (Å²) in [6.45, 7) is 2.63. The second-order valence-corrected chi connectivity index (χ2v) is 6.61. The van der Waals surface area contributed by atoms with E-state index in [4.69, 9.17) is 4.74 Å². The highest BCUT2D eigenvalue weighted by molar-refractivity contribution is 7.98. The number of fused-ring (bicyclic) bond motifs is 1. The van der Waals surface area contributed by atoms with Crippen molar-refractivity contribution in [1.82, 2.24) is 19.6 Å². The minimum atomic E-state index is 0.604. The van der Waals surface area contributed by atoms with Crippen molar-refractivity contribution in [2.75, 3.05) is 6.61 Å². The molecular formula is C20H18N4OS. The topological polar surface area (TPSA) is 52.3 Å². The van der Waals surface area contributed by atoms with Gasteiger partial charge in [-0.1, -0.05) is 42.1 Å². The van der Waals surface area contributed by atoms with Gasteiger partial charge in [0.15, 0.2) is 0 Å². The highest BCUT2D eigenvalue weighted by Gasteiger charge is 2.10. The fourth-order valence-electron chi connectivity index (χ4n) is 2.67. The Morgan fingerprint density at radius 2 is 1.81 bits per heavy atom. The number of nitrogens with zero attached hydrogens (tertiary/aromatic N) is 4. The van der Waals surface area contributed by atoms with Crippen molar-refractivity contribution in [1.29, 1.82) is 0 Å². The van der Waals surface area contributed by atoms with E-state index in [1.165, 1.54) is 5.56 Å². The molecule has 4 rings (SSSR count). The molecule has 0 atom stereocenters. The minimum Gasteiger partial charge on any atom is -0.494 e. The molecule has 0 fully saturated rings. The first-order valence-corrected chi connectivity index (χ1v) is 9.44. The Morgan fingerprint density at radius 1 is 1.00 bits per heavy atom. The van der Waals surface area contributed by atoms with Gasteiger partial charge in [-0.2, -0.15) is 9.50 Å². The van der Waals surface area contributed by atoms with E-state index in [2.05, 4.69) is 27.2 Å². The molecule has 0 saturated carbocycles. The maximum absolute atomic E-state index is 5.51. The number of thioether (sulfide) groups is 1. The first kappa shape index (κ1) is 16.6. The van der Waals surface area contributed by atoms with Gasteiger partial charge in [0.1, 0.15) is 5.75 Å². The van der Waals surface area contributed by atoms with Crippen LogP contribution in [0.15, 0.2) is 72.0 Å². The Bertz CT molecular complexity index is 999. The molecule has 0 saturated heterocycles. The van der Waals surface area contributed by atoms with Crippen molar-refractivity contribution in [3.63, 3.8) is 0 Å². The molecule has 0 aliphatic heterocycles. The summed E-state index contributed by atoms with van der Waals surface area (Å²) in [6.07, 6.45) is 1.77.